The maximum atomic E-state index is 11.6. The van der Waals surface area contributed by atoms with E-state index >= 15 is 0 Å². The normalized spacial score (nSPS) is 26.2. The van der Waals surface area contributed by atoms with E-state index < -0.39 is 53.7 Å². The lowest BCUT2D eigenvalue weighted by molar-refractivity contribution is -0.237. The number of esters is 4. The Bertz CT molecular complexity index is 618. The van der Waals surface area contributed by atoms with E-state index in [0.717, 1.165) is 20.8 Å². The molecule has 1 saturated heterocycles. The van der Waals surface area contributed by atoms with Crippen molar-refractivity contribution in [2.45, 2.75) is 57.5 Å². The van der Waals surface area contributed by atoms with Crippen LogP contribution in [0.5, 0.6) is 0 Å². The summed E-state index contributed by atoms with van der Waals surface area (Å²) in [5, 5.41) is 7.10. The minimum Gasteiger partial charge on any atom is -0.463 e. The number of carbonyl (C=O) groups is 4. The van der Waals surface area contributed by atoms with Gasteiger partial charge in [-0.3, -0.25) is 24.6 Å². The zero-order valence-corrected chi connectivity index (χ0v) is 18.2. The first-order chi connectivity index (χ1) is 12.5. The van der Waals surface area contributed by atoms with Gasteiger partial charge in [-0.1, -0.05) is 11.8 Å². The first kappa shape index (κ1) is 26.1. The molecule has 0 radical (unpaired) electrons. The zero-order valence-electron chi connectivity index (χ0n) is 15.7. The summed E-state index contributed by atoms with van der Waals surface area (Å²) >= 11 is 0.705. The van der Waals surface area contributed by atoms with Gasteiger partial charge in [0.15, 0.2) is 28.9 Å². The standard InChI is InChI=1S/C15H22N2O9S.BrH/c1-6(18)22-5-10-11(23-7(2)19)12(24-8(3)20)13(25-9(4)21)14(26-10)27-15(16)17;/h10-14H,5H2,1-4H3,(H3,16,17);1H/t10-,11-,12+,13-,14?;/m1./s1. The molecule has 1 unspecified atom stereocenters. The van der Waals surface area contributed by atoms with Crippen molar-refractivity contribution in [1.82, 2.24) is 0 Å². The Kier molecular flexibility index (Phi) is 11.1. The molecule has 1 aliphatic rings. The van der Waals surface area contributed by atoms with Crippen LogP contribution >= 0.6 is 28.7 Å². The van der Waals surface area contributed by atoms with Gasteiger partial charge in [0.1, 0.15) is 12.7 Å². The Hall–Kier alpha value is -1.86. The minimum atomic E-state index is -1.26. The lowest BCUT2D eigenvalue weighted by atomic mass is 9.99. The quantitative estimate of drug-likeness (QED) is 0.229. The van der Waals surface area contributed by atoms with Crippen LogP contribution < -0.4 is 5.73 Å². The van der Waals surface area contributed by atoms with Gasteiger partial charge in [-0.05, 0) is 0 Å². The minimum absolute atomic E-state index is 0. The molecule has 1 fully saturated rings. The second-order valence-corrected chi connectivity index (χ2v) is 6.69. The lowest BCUT2D eigenvalue weighted by Crippen LogP contribution is -2.61. The van der Waals surface area contributed by atoms with Crippen LogP contribution in [0.2, 0.25) is 0 Å². The monoisotopic (exact) mass is 486 g/mol. The number of hydrogen-bond donors (Lipinski definition) is 2. The van der Waals surface area contributed by atoms with Gasteiger partial charge in [0.2, 0.25) is 0 Å². The van der Waals surface area contributed by atoms with Crippen molar-refractivity contribution in [1.29, 1.82) is 5.41 Å². The average molecular weight is 487 g/mol. The number of nitrogens with one attached hydrogen (secondary N) is 1. The van der Waals surface area contributed by atoms with Crippen LogP contribution in [0.25, 0.3) is 0 Å². The molecule has 0 aromatic heterocycles. The average Bonchev–Trinajstić information content (AvgIpc) is 2.49. The fraction of sp³-hybridized carbons (Fsp3) is 0.667. The van der Waals surface area contributed by atoms with E-state index in [4.69, 9.17) is 34.8 Å². The third kappa shape index (κ3) is 8.44. The number of thioether (sulfide) groups is 1. The number of hydrogen-bond acceptors (Lipinski definition) is 11. The van der Waals surface area contributed by atoms with E-state index in [-0.39, 0.29) is 28.8 Å². The van der Waals surface area contributed by atoms with Gasteiger partial charge in [0, 0.05) is 27.7 Å². The van der Waals surface area contributed by atoms with Gasteiger partial charge in [0.25, 0.3) is 0 Å². The van der Waals surface area contributed by atoms with Crippen molar-refractivity contribution >= 4 is 57.8 Å². The molecule has 13 heteroatoms. The fourth-order valence-electron chi connectivity index (χ4n) is 2.41. The summed E-state index contributed by atoms with van der Waals surface area (Å²) in [5.74, 6) is -2.76. The topological polar surface area (TPSA) is 164 Å². The number of carbonyl (C=O) groups excluding carboxylic acids is 4. The van der Waals surface area contributed by atoms with Crippen LogP contribution in [0.3, 0.4) is 0 Å². The number of amidine groups is 1. The van der Waals surface area contributed by atoms with E-state index in [1.54, 1.807) is 0 Å². The highest BCUT2D eigenvalue weighted by atomic mass is 79.9. The summed E-state index contributed by atoms with van der Waals surface area (Å²) in [4.78, 5) is 45.7. The van der Waals surface area contributed by atoms with Crippen molar-refractivity contribution in [2.75, 3.05) is 6.61 Å². The summed E-state index contributed by atoms with van der Waals surface area (Å²) < 4.78 is 26.2. The highest BCUT2D eigenvalue weighted by Gasteiger charge is 2.52. The number of ether oxygens (including phenoxy) is 5. The third-order valence-electron chi connectivity index (χ3n) is 3.19. The lowest BCUT2D eigenvalue weighted by Gasteiger charge is -2.43. The van der Waals surface area contributed by atoms with Crippen molar-refractivity contribution < 1.29 is 42.9 Å². The van der Waals surface area contributed by atoms with E-state index in [9.17, 15) is 19.2 Å². The van der Waals surface area contributed by atoms with Crippen molar-refractivity contribution in [2.24, 2.45) is 5.73 Å². The van der Waals surface area contributed by atoms with Crippen LogP contribution in [-0.4, -0.2) is 65.5 Å². The molecule has 0 spiro atoms. The second-order valence-electron chi connectivity index (χ2n) is 5.55. The molecule has 11 nitrogen and oxygen atoms in total. The molecule has 0 bridgehead atoms. The van der Waals surface area contributed by atoms with Crippen LogP contribution in [0.4, 0.5) is 0 Å². The molecule has 3 N–H and O–H groups in total. The molecule has 1 heterocycles. The van der Waals surface area contributed by atoms with Crippen LogP contribution in [0.1, 0.15) is 27.7 Å². The Morgan fingerprint density at radius 2 is 1.36 bits per heavy atom. The largest absolute Gasteiger partial charge is 0.463 e. The highest BCUT2D eigenvalue weighted by molar-refractivity contribution is 8.93. The van der Waals surface area contributed by atoms with Gasteiger partial charge >= 0.3 is 23.9 Å². The molecule has 5 atom stereocenters. The van der Waals surface area contributed by atoms with E-state index in [1.807, 2.05) is 0 Å². The summed E-state index contributed by atoms with van der Waals surface area (Å²) in [6.45, 7) is 4.24. The number of rotatable bonds is 6. The van der Waals surface area contributed by atoms with Crippen LogP contribution in [0, 0.1) is 5.41 Å². The van der Waals surface area contributed by atoms with Crippen molar-refractivity contribution in [3.05, 3.63) is 0 Å². The van der Waals surface area contributed by atoms with Gasteiger partial charge in [0.05, 0.1) is 0 Å². The molecular formula is C15H23BrN2O9S. The maximum Gasteiger partial charge on any atom is 0.303 e. The molecule has 0 aromatic carbocycles. The Morgan fingerprint density at radius 3 is 1.79 bits per heavy atom. The number of nitrogens with two attached hydrogens (primary N) is 1. The van der Waals surface area contributed by atoms with Gasteiger partial charge < -0.3 is 29.4 Å². The Labute approximate surface area is 176 Å². The predicted octanol–water partition coefficient (Wildman–Crippen LogP) is 0.274. The highest BCUT2D eigenvalue weighted by Crippen LogP contribution is 2.34. The molecule has 0 saturated carbocycles. The van der Waals surface area contributed by atoms with Gasteiger partial charge in [-0.2, -0.15) is 0 Å². The summed E-state index contributed by atoms with van der Waals surface area (Å²) in [5.41, 5.74) is 4.33. The predicted molar refractivity (Wildman–Crippen MR) is 102 cm³/mol. The molecule has 0 amide bonds. The van der Waals surface area contributed by atoms with Crippen molar-refractivity contribution in [3.63, 3.8) is 0 Å². The molecule has 1 aliphatic heterocycles. The molecule has 28 heavy (non-hydrogen) atoms. The third-order valence-corrected chi connectivity index (χ3v) is 4.06. The van der Waals surface area contributed by atoms with Gasteiger partial charge in [-0.15, -0.1) is 17.0 Å². The smallest absolute Gasteiger partial charge is 0.303 e. The Balaban J connectivity index is 0.00000729. The van der Waals surface area contributed by atoms with E-state index in [1.165, 1.54) is 6.92 Å². The molecular weight excluding hydrogens is 464 g/mol. The Morgan fingerprint density at radius 1 is 0.893 bits per heavy atom. The molecule has 160 valence electrons. The summed E-state index contributed by atoms with van der Waals surface area (Å²) in [6.07, 6.45) is -4.76. The number of halogens is 1. The molecule has 0 aromatic rings. The van der Waals surface area contributed by atoms with Crippen molar-refractivity contribution in [3.8, 4) is 0 Å². The molecule has 1 rings (SSSR count). The van der Waals surface area contributed by atoms with Crippen LogP contribution in [0.15, 0.2) is 0 Å². The first-order valence-electron chi connectivity index (χ1n) is 7.82. The van der Waals surface area contributed by atoms with E-state index in [0.29, 0.717) is 11.8 Å². The zero-order chi connectivity index (χ0) is 20.7. The summed E-state index contributed by atoms with van der Waals surface area (Å²) in [6, 6.07) is 0. The SMILES string of the molecule is Br.CC(=O)OC[C@H]1OC(SC(=N)N)[C@H](OC(C)=O)[C@@H](OC(C)=O)[C@@H]1OC(C)=O. The van der Waals surface area contributed by atoms with E-state index in [2.05, 4.69) is 0 Å². The first-order valence-corrected chi connectivity index (χ1v) is 8.70. The second kappa shape index (κ2) is 11.9. The van der Waals surface area contributed by atoms with Crippen LogP contribution in [-0.2, 0) is 42.9 Å². The molecule has 0 aliphatic carbocycles. The fourth-order valence-corrected chi connectivity index (χ4v) is 3.20. The van der Waals surface area contributed by atoms with Gasteiger partial charge in [-0.25, -0.2) is 0 Å². The summed E-state index contributed by atoms with van der Waals surface area (Å²) in [7, 11) is 0. The maximum absolute atomic E-state index is 11.6.